The summed E-state index contributed by atoms with van der Waals surface area (Å²) in [5.74, 6) is -3.76. The molecule has 2 aliphatic rings. The van der Waals surface area contributed by atoms with Gasteiger partial charge in [-0.05, 0) is 29.8 Å². The molecule has 0 bridgehead atoms. The van der Waals surface area contributed by atoms with Crippen LogP contribution < -0.4 is 0 Å². The lowest BCUT2D eigenvalue weighted by Crippen LogP contribution is -2.64. The van der Waals surface area contributed by atoms with Gasteiger partial charge in [0.05, 0.1) is 24.3 Å². The van der Waals surface area contributed by atoms with Gasteiger partial charge in [-0.2, -0.15) is 0 Å². The number of carbonyl (C=O) groups excluding carboxylic acids is 5. The average molecular weight is 751 g/mol. The Morgan fingerprint density at radius 3 is 1.70 bits per heavy atom. The third-order valence-corrected chi connectivity index (χ3v) is 8.37. The van der Waals surface area contributed by atoms with Gasteiger partial charge in [-0.1, -0.05) is 66.7 Å². The molecule has 3 aromatic rings. The van der Waals surface area contributed by atoms with Crippen LogP contribution in [0.5, 0.6) is 0 Å². The standard InChI is InChI=1S/C39H42O15/c1-23(40)47-22-31-33(49-25(3)42)29(48-24(2)41)19-32(50-31)52-34-30(21-46-20-26-13-7-4-8-14-26)51-39(45)36(54-38(44)28-17-11-6-12-18-28)35(34)53-37(43)27-15-9-5-10-16-27/h4-18,29-36,39,45H,19-22H2,1-3H3/t29-,30?,31?,32-,33-,34-,35?,36?,39+/m1/s1. The molecule has 4 unspecified atom stereocenters. The van der Waals surface area contributed by atoms with Crippen LogP contribution in [-0.2, 0) is 63.6 Å². The van der Waals surface area contributed by atoms with E-state index in [0.29, 0.717) is 0 Å². The van der Waals surface area contributed by atoms with E-state index in [1.54, 1.807) is 36.4 Å². The summed E-state index contributed by atoms with van der Waals surface area (Å²) in [7, 11) is 0. The minimum Gasteiger partial charge on any atom is -0.463 e. The van der Waals surface area contributed by atoms with Crippen LogP contribution in [0.15, 0.2) is 91.0 Å². The second-order valence-corrected chi connectivity index (χ2v) is 12.5. The van der Waals surface area contributed by atoms with Crippen LogP contribution in [-0.4, -0.2) is 103 Å². The summed E-state index contributed by atoms with van der Waals surface area (Å²) in [6.07, 6.45) is -12.7. The van der Waals surface area contributed by atoms with Crippen molar-refractivity contribution in [2.75, 3.05) is 13.2 Å². The van der Waals surface area contributed by atoms with E-state index in [9.17, 15) is 29.1 Å². The first kappa shape index (κ1) is 40.0. The van der Waals surface area contributed by atoms with E-state index >= 15 is 0 Å². The molecule has 0 aromatic heterocycles. The van der Waals surface area contributed by atoms with Gasteiger partial charge >= 0.3 is 29.8 Å². The minimum atomic E-state index is -1.83. The second kappa shape index (κ2) is 19.2. The normalized spacial score (nSPS) is 26.5. The quantitative estimate of drug-likeness (QED) is 0.187. The Bertz CT molecular complexity index is 1700. The van der Waals surface area contributed by atoms with Crippen LogP contribution >= 0.6 is 0 Å². The average Bonchev–Trinajstić information content (AvgIpc) is 3.15. The summed E-state index contributed by atoms with van der Waals surface area (Å²) in [5, 5.41) is 11.4. The third kappa shape index (κ3) is 11.2. The van der Waals surface area contributed by atoms with Crippen molar-refractivity contribution in [1.82, 2.24) is 0 Å². The first-order valence-electron chi connectivity index (χ1n) is 17.2. The van der Waals surface area contributed by atoms with Crippen molar-refractivity contribution in [2.45, 2.75) is 89.1 Å². The molecule has 15 nitrogen and oxygen atoms in total. The number of benzene rings is 3. The summed E-state index contributed by atoms with van der Waals surface area (Å²) in [4.78, 5) is 63.1. The van der Waals surface area contributed by atoms with Gasteiger partial charge in [-0.3, -0.25) is 14.4 Å². The Morgan fingerprint density at radius 2 is 1.15 bits per heavy atom. The van der Waals surface area contributed by atoms with Crippen molar-refractivity contribution in [1.29, 1.82) is 0 Å². The zero-order chi connectivity index (χ0) is 38.6. The molecule has 5 rings (SSSR count). The fourth-order valence-corrected chi connectivity index (χ4v) is 6.01. The van der Waals surface area contributed by atoms with Crippen LogP contribution in [0.2, 0.25) is 0 Å². The fraction of sp³-hybridized carbons (Fsp3) is 0.410. The number of aliphatic hydroxyl groups excluding tert-OH is 1. The van der Waals surface area contributed by atoms with E-state index in [1.165, 1.54) is 38.1 Å². The number of rotatable bonds is 14. The SMILES string of the molecule is CC(=O)OCC1O[C@H](O[C@@H]2C(COCc3ccccc3)O[C@H](O)C(OC(=O)c3ccccc3)C2OC(=O)c2ccccc2)C[C@@H](OC(C)=O)[C@H]1OC(C)=O. The number of ether oxygens (including phenoxy) is 9. The summed E-state index contributed by atoms with van der Waals surface area (Å²) in [6.45, 7) is 2.99. The van der Waals surface area contributed by atoms with Crippen molar-refractivity contribution < 1.29 is 71.7 Å². The maximum absolute atomic E-state index is 13.6. The largest absolute Gasteiger partial charge is 0.463 e. The van der Waals surface area contributed by atoms with E-state index in [4.69, 9.17) is 42.6 Å². The zero-order valence-corrected chi connectivity index (χ0v) is 29.8. The lowest BCUT2D eigenvalue weighted by molar-refractivity contribution is -0.336. The molecule has 0 aliphatic carbocycles. The number of carbonyl (C=O) groups is 5. The molecule has 2 saturated heterocycles. The maximum Gasteiger partial charge on any atom is 0.338 e. The van der Waals surface area contributed by atoms with Gasteiger partial charge in [0.25, 0.3) is 0 Å². The smallest absolute Gasteiger partial charge is 0.338 e. The number of aliphatic hydroxyl groups is 1. The van der Waals surface area contributed by atoms with Gasteiger partial charge in [-0.25, -0.2) is 9.59 Å². The predicted molar refractivity (Wildman–Crippen MR) is 184 cm³/mol. The van der Waals surface area contributed by atoms with E-state index < -0.39 is 91.8 Å². The van der Waals surface area contributed by atoms with Crippen LogP contribution in [0.3, 0.4) is 0 Å². The summed E-state index contributed by atoms with van der Waals surface area (Å²) in [6, 6.07) is 25.2. The van der Waals surface area contributed by atoms with Gasteiger partial charge in [0.15, 0.2) is 30.9 Å². The molecule has 0 amide bonds. The number of esters is 5. The first-order chi connectivity index (χ1) is 26.0. The Balaban J connectivity index is 1.50. The molecule has 1 N–H and O–H groups in total. The molecule has 288 valence electrons. The van der Waals surface area contributed by atoms with E-state index in [1.807, 2.05) is 30.3 Å². The van der Waals surface area contributed by atoms with Gasteiger partial charge in [0.2, 0.25) is 0 Å². The van der Waals surface area contributed by atoms with Crippen LogP contribution in [0, 0.1) is 0 Å². The van der Waals surface area contributed by atoms with Crippen molar-refractivity contribution in [3.05, 3.63) is 108 Å². The van der Waals surface area contributed by atoms with E-state index in [2.05, 4.69) is 0 Å². The highest BCUT2D eigenvalue weighted by molar-refractivity contribution is 5.90. The summed E-state index contributed by atoms with van der Waals surface area (Å²) in [5.41, 5.74) is 1.13. The fourth-order valence-electron chi connectivity index (χ4n) is 6.01. The van der Waals surface area contributed by atoms with Crippen LogP contribution in [0.25, 0.3) is 0 Å². The first-order valence-corrected chi connectivity index (χ1v) is 17.2. The predicted octanol–water partition coefficient (Wildman–Crippen LogP) is 3.30. The molecule has 0 saturated carbocycles. The Kier molecular flexibility index (Phi) is 14.2. The van der Waals surface area contributed by atoms with E-state index in [-0.39, 0.29) is 30.8 Å². The summed E-state index contributed by atoms with van der Waals surface area (Å²) >= 11 is 0. The molecular formula is C39H42O15. The van der Waals surface area contributed by atoms with Crippen LogP contribution in [0.1, 0.15) is 53.5 Å². The molecule has 2 heterocycles. The Morgan fingerprint density at radius 1 is 0.611 bits per heavy atom. The highest BCUT2D eigenvalue weighted by Crippen LogP contribution is 2.34. The number of hydrogen-bond acceptors (Lipinski definition) is 15. The Labute approximate surface area is 311 Å². The Hall–Kier alpha value is -5.19. The molecule has 54 heavy (non-hydrogen) atoms. The van der Waals surface area contributed by atoms with Crippen molar-refractivity contribution in [2.24, 2.45) is 0 Å². The van der Waals surface area contributed by atoms with Gasteiger partial charge in [0, 0.05) is 27.2 Å². The van der Waals surface area contributed by atoms with Gasteiger partial charge in [-0.15, -0.1) is 0 Å². The lowest BCUT2D eigenvalue weighted by atomic mass is 9.97. The molecule has 2 aliphatic heterocycles. The van der Waals surface area contributed by atoms with Gasteiger partial charge < -0.3 is 47.7 Å². The monoisotopic (exact) mass is 750 g/mol. The topological polar surface area (TPSA) is 189 Å². The molecule has 15 heteroatoms. The zero-order valence-electron chi connectivity index (χ0n) is 29.8. The highest BCUT2D eigenvalue weighted by atomic mass is 16.7. The third-order valence-electron chi connectivity index (χ3n) is 8.37. The van der Waals surface area contributed by atoms with Gasteiger partial charge in [0.1, 0.15) is 31.0 Å². The number of hydrogen-bond donors (Lipinski definition) is 1. The highest BCUT2D eigenvalue weighted by Gasteiger charge is 2.53. The molecule has 3 aromatic carbocycles. The minimum absolute atomic E-state index is 0.132. The van der Waals surface area contributed by atoms with Crippen molar-refractivity contribution in [3.8, 4) is 0 Å². The lowest BCUT2D eigenvalue weighted by Gasteiger charge is -2.46. The van der Waals surface area contributed by atoms with Crippen molar-refractivity contribution in [3.63, 3.8) is 0 Å². The van der Waals surface area contributed by atoms with E-state index in [0.717, 1.165) is 12.5 Å². The van der Waals surface area contributed by atoms with Crippen LogP contribution in [0.4, 0.5) is 0 Å². The second-order valence-electron chi connectivity index (χ2n) is 12.5. The molecule has 0 radical (unpaired) electrons. The molecular weight excluding hydrogens is 708 g/mol. The maximum atomic E-state index is 13.6. The molecule has 9 atom stereocenters. The van der Waals surface area contributed by atoms with Crippen molar-refractivity contribution >= 4 is 29.8 Å². The summed E-state index contributed by atoms with van der Waals surface area (Å²) < 4.78 is 52.5. The molecule has 0 spiro atoms. The molecule has 2 fully saturated rings.